The van der Waals surface area contributed by atoms with Crippen molar-refractivity contribution in [3.63, 3.8) is 0 Å². The Hall–Kier alpha value is -0.500. The fraction of sp³-hybridized carbons (Fsp3) is 0.812. The topological polar surface area (TPSA) is 17.8 Å². The molecule has 2 atom stereocenters. The molecule has 1 saturated carbocycles. The maximum Gasteiger partial charge on any atom is 0.0669 e. The quantitative estimate of drug-likeness (QED) is 0.703. The van der Waals surface area contributed by atoms with Crippen LogP contribution in [-0.4, -0.2) is 9.78 Å². The first-order valence-corrected chi connectivity index (χ1v) is 8.43. The third-order valence-electron chi connectivity index (χ3n) is 4.68. The summed E-state index contributed by atoms with van der Waals surface area (Å²) >= 11 is 6.15. The summed E-state index contributed by atoms with van der Waals surface area (Å²) in [5.41, 5.74) is 3.89. The van der Waals surface area contributed by atoms with Crippen LogP contribution in [0.5, 0.6) is 0 Å². The maximum absolute atomic E-state index is 6.15. The lowest BCUT2D eigenvalue weighted by Crippen LogP contribution is -2.21. The molecule has 0 aromatic carbocycles. The van der Waals surface area contributed by atoms with Crippen LogP contribution in [0.4, 0.5) is 0 Å². The summed E-state index contributed by atoms with van der Waals surface area (Å²) in [6.07, 6.45) is 8.69. The fourth-order valence-corrected chi connectivity index (χ4v) is 3.84. The highest BCUT2D eigenvalue weighted by Gasteiger charge is 2.26. The van der Waals surface area contributed by atoms with Gasteiger partial charge in [0.15, 0.2) is 0 Å². The molecule has 0 bridgehead atoms. The minimum absolute atomic E-state index is 0.607. The molecule has 1 aliphatic carbocycles. The minimum Gasteiger partial charge on any atom is -0.266 e. The Morgan fingerprint density at radius 2 is 2.00 bits per heavy atom. The summed E-state index contributed by atoms with van der Waals surface area (Å²) in [4.78, 5) is 0. The molecule has 1 aromatic heterocycles. The molecule has 0 amide bonds. The van der Waals surface area contributed by atoms with Gasteiger partial charge in [-0.2, -0.15) is 5.10 Å². The van der Waals surface area contributed by atoms with E-state index in [9.17, 15) is 0 Å². The number of hydrogen-bond donors (Lipinski definition) is 0. The first-order chi connectivity index (χ1) is 9.24. The molecule has 0 saturated heterocycles. The highest BCUT2D eigenvalue weighted by molar-refractivity contribution is 6.17. The van der Waals surface area contributed by atoms with Gasteiger partial charge in [0.05, 0.1) is 17.6 Å². The lowest BCUT2D eigenvalue weighted by Gasteiger charge is -2.29. The third-order valence-corrected chi connectivity index (χ3v) is 4.95. The van der Waals surface area contributed by atoms with Crippen molar-refractivity contribution < 1.29 is 0 Å². The first-order valence-electron chi connectivity index (χ1n) is 7.90. The zero-order valence-electron chi connectivity index (χ0n) is 12.6. The van der Waals surface area contributed by atoms with Gasteiger partial charge >= 0.3 is 0 Å². The number of nitrogens with zero attached hydrogens (tertiary/aromatic N) is 2. The molecule has 1 heterocycles. The third kappa shape index (κ3) is 2.99. The van der Waals surface area contributed by atoms with Crippen LogP contribution in [0.15, 0.2) is 0 Å². The van der Waals surface area contributed by atoms with Gasteiger partial charge in [-0.1, -0.05) is 40.0 Å². The number of rotatable bonds is 5. The van der Waals surface area contributed by atoms with Crippen LogP contribution in [0, 0.1) is 5.92 Å². The molecule has 0 N–H and O–H groups in total. The van der Waals surface area contributed by atoms with E-state index in [1.54, 1.807) is 0 Å². The molecule has 0 radical (unpaired) electrons. The van der Waals surface area contributed by atoms with Crippen molar-refractivity contribution in [1.82, 2.24) is 9.78 Å². The highest BCUT2D eigenvalue weighted by atomic mass is 35.5. The Bertz CT molecular complexity index is 411. The number of alkyl halides is 1. The molecule has 1 fully saturated rings. The Kier molecular flexibility index (Phi) is 5.32. The van der Waals surface area contributed by atoms with E-state index in [0.717, 1.165) is 18.8 Å². The van der Waals surface area contributed by atoms with Gasteiger partial charge in [0.1, 0.15) is 0 Å². The fourth-order valence-electron chi connectivity index (χ4n) is 3.53. The molecule has 3 heteroatoms. The van der Waals surface area contributed by atoms with E-state index in [-0.39, 0.29) is 0 Å². The average molecular weight is 283 g/mol. The summed E-state index contributed by atoms with van der Waals surface area (Å²) in [5.74, 6) is 1.49. The van der Waals surface area contributed by atoms with Crippen molar-refractivity contribution in [3.05, 3.63) is 17.0 Å². The Morgan fingerprint density at radius 1 is 1.21 bits per heavy atom. The molecule has 19 heavy (non-hydrogen) atoms. The monoisotopic (exact) mass is 282 g/mol. The van der Waals surface area contributed by atoms with Crippen LogP contribution in [0.3, 0.4) is 0 Å². The van der Waals surface area contributed by atoms with E-state index in [0.29, 0.717) is 11.9 Å². The lowest BCUT2D eigenvalue weighted by atomic mass is 9.84. The first kappa shape index (κ1) is 14.9. The largest absolute Gasteiger partial charge is 0.266 e. The maximum atomic E-state index is 6.15. The molecule has 2 nitrogen and oxygen atoms in total. The van der Waals surface area contributed by atoms with Crippen LogP contribution < -0.4 is 0 Å². The van der Waals surface area contributed by atoms with Crippen molar-refractivity contribution in [1.29, 1.82) is 0 Å². The van der Waals surface area contributed by atoms with E-state index < -0.39 is 0 Å². The van der Waals surface area contributed by atoms with E-state index >= 15 is 0 Å². The van der Waals surface area contributed by atoms with Gasteiger partial charge in [-0.25, -0.2) is 0 Å². The van der Waals surface area contributed by atoms with E-state index in [1.165, 1.54) is 49.1 Å². The van der Waals surface area contributed by atoms with Crippen LogP contribution in [-0.2, 0) is 18.7 Å². The second-order valence-corrected chi connectivity index (χ2v) is 6.02. The second kappa shape index (κ2) is 6.78. The van der Waals surface area contributed by atoms with Gasteiger partial charge in [0.25, 0.3) is 0 Å². The summed E-state index contributed by atoms with van der Waals surface area (Å²) in [7, 11) is 0. The molecule has 0 spiro atoms. The summed E-state index contributed by atoms with van der Waals surface area (Å²) in [6.45, 7) is 6.72. The highest BCUT2D eigenvalue weighted by Crippen LogP contribution is 2.35. The predicted octanol–water partition coefficient (Wildman–Crippen LogP) is 4.89. The summed E-state index contributed by atoms with van der Waals surface area (Å²) in [5, 5.41) is 4.89. The van der Waals surface area contributed by atoms with Crippen LogP contribution in [0.25, 0.3) is 0 Å². The molecule has 2 rings (SSSR count). The standard InChI is InChI=1S/C16H27ClN2/c1-4-12-8-7-9-13(10-12)19-16(6-3)14(11-17)15(5-2)18-19/h12-13H,4-11H2,1-3H3. The van der Waals surface area contributed by atoms with Crippen molar-refractivity contribution in [3.8, 4) is 0 Å². The lowest BCUT2D eigenvalue weighted by molar-refractivity contribution is 0.243. The van der Waals surface area contributed by atoms with Gasteiger partial charge < -0.3 is 0 Å². The van der Waals surface area contributed by atoms with Crippen molar-refractivity contribution in [2.45, 2.75) is 77.6 Å². The number of halogens is 1. The molecule has 2 unspecified atom stereocenters. The zero-order valence-corrected chi connectivity index (χ0v) is 13.3. The van der Waals surface area contributed by atoms with E-state index in [2.05, 4.69) is 25.5 Å². The number of aromatic nitrogens is 2. The van der Waals surface area contributed by atoms with Crippen molar-refractivity contribution in [2.75, 3.05) is 0 Å². The molecule has 1 aliphatic rings. The minimum atomic E-state index is 0.607. The molecular formula is C16H27ClN2. The number of hydrogen-bond acceptors (Lipinski definition) is 1. The van der Waals surface area contributed by atoms with Gasteiger partial charge in [-0.15, -0.1) is 11.6 Å². The van der Waals surface area contributed by atoms with Crippen LogP contribution >= 0.6 is 11.6 Å². The summed E-state index contributed by atoms with van der Waals surface area (Å²) < 4.78 is 2.33. The van der Waals surface area contributed by atoms with E-state index in [1.807, 2.05) is 0 Å². The zero-order chi connectivity index (χ0) is 13.8. The Balaban J connectivity index is 2.30. The molecule has 108 valence electrons. The number of aryl methyl sites for hydroxylation is 1. The van der Waals surface area contributed by atoms with Crippen molar-refractivity contribution in [2.24, 2.45) is 5.92 Å². The average Bonchev–Trinajstić information content (AvgIpc) is 2.84. The molecule has 1 aromatic rings. The van der Waals surface area contributed by atoms with Gasteiger partial charge in [0.2, 0.25) is 0 Å². The molecular weight excluding hydrogens is 256 g/mol. The van der Waals surface area contributed by atoms with E-state index in [4.69, 9.17) is 16.7 Å². The van der Waals surface area contributed by atoms with Gasteiger partial charge in [-0.3, -0.25) is 4.68 Å². The van der Waals surface area contributed by atoms with Crippen LogP contribution in [0.2, 0.25) is 0 Å². The van der Waals surface area contributed by atoms with Crippen molar-refractivity contribution >= 4 is 11.6 Å². The Labute approximate surface area is 122 Å². The molecule has 0 aliphatic heterocycles. The SMILES string of the molecule is CCc1nn(C2CCCC(CC)C2)c(CC)c1CCl. The second-order valence-electron chi connectivity index (χ2n) is 5.75. The smallest absolute Gasteiger partial charge is 0.0669 e. The predicted molar refractivity (Wildman–Crippen MR) is 81.8 cm³/mol. The Morgan fingerprint density at radius 3 is 2.58 bits per heavy atom. The van der Waals surface area contributed by atoms with Crippen LogP contribution in [0.1, 0.15) is 75.9 Å². The van der Waals surface area contributed by atoms with Gasteiger partial charge in [0, 0.05) is 11.3 Å². The van der Waals surface area contributed by atoms with Gasteiger partial charge in [-0.05, 0) is 31.6 Å². The summed E-state index contributed by atoms with van der Waals surface area (Å²) in [6, 6.07) is 0.607. The normalized spacial score (nSPS) is 23.8.